The number of pyridine rings is 1. The van der Waals surface area contributed by atoms with Crippen LogP contribution in [0.25, 0.3) is 11.4 Å². The number of halogens is 1. The van der Waals surface area contributed by atoms with E-state index in [0.29, 0.717) is 5.82 Å². The summed E-state index contributed by atoms with van der Waals surface area (Å²) in [4.78, 5) is 7.82. The second-order valence-corrected chi connectivity index (χ2v) is 3.26. The Bertz CT molecular complexity index is 428. The maximum absolute atomic E-state index is 5.28. The molecule has 0 spiro atoms. The summed E-state index contributed by atoms with van der Waals surface area (Å²) in [5.41, 5.74) is 6.04. The van der Waals surface area contributed by atoms with Crippen molar-refractivity contribution in [1.82, 2.24) is 15.1 Å². The predicted molar refractivity (Wildman–Crippen MR) is 49.6 cm³/mol. The van der Waals surface area contributed by atoms with Gasteiger partial charge in [0.2, 0.25) is 5.82 Å². The largest absolute Gasteiger partial charge is 0.351 e. The van der Waals surface area contributed by atoms with Crippen molar-refractivity contribution in [2.45, 2.75) is 0 Å². The second kappa shape index (κ2) is 3.14. The first-order chi connectivity index (χ1) is 6.25. The van der Waals surface area contributed by atoms with Gasteiger partial charge in [-0.3, -0.25) is 4.98 Å². The van der Waals surface area contributed by atoms with Gasteiger partial charge < -0.3 is 10.3 Å². The molecule has 0 bridgehead atoms. The first-order valence-corrected chi connectivity index (χ1v) is 4.25. The molecule has 0 radical (unpaired) electrons. The molecule has 66 valence electrons. The number of nitrogen functional groups attached to an aromatic ring is 1. The average Bonchev–Trinajstić information content (AvgIpc) is 2.52. The Morgan fingerprint density at radius 1 is 1.38 bits per heavy atom. The number of hydrogen-bond donors (Lipinski definition) is 1. The van der Waals surface area contributed by atoms with Gasteiger partial charge in [-0.1, -0.05) is 5.16 Å². The molecule has 0 saturated carbocycles. The van der Waals surface area contributed by atoms with Crippen molar-refractivity contribution in [2.24, 2.45) is 0 Å². The van der Waals surface area contributed by atoms with E-state index in [-0.39, 0.29) is 6.01 Å². The van der Waals surface area contributed by atoms with Crippen LogP contribution >= 0.6 is 15.9 Å². The zero-order valence-corrected chi connectivity index (χ0v) is 8.02. The molecule has 0 saturated heterocycles. The summed E-state index contributed by atoms with van der Waals surface area (Å²) in [5, 5.41) is 3.66. The minimum absolute atomic E-state index is 0.0509. The zero-order valence-electron chi connectivity index (χ0n) is 6.44. The smallest absolute Gasteiger partial charge is 0.319 e. The molecule has 13 heavy (non-hydrogen) atoms. The molecule has 2 rings (SSSR count). The second-order valence-electron chi connectivity index (χ2n) is 2.35. The Morgan fingerprint density at radius 2 is 2.23 bits per heavy atom. The summed E-state index contributed by atoms with van der Waals surface area (Å²) >= 11 is 3.29. The van der Waals surface area contributed by atoms with Gasteiger partial charge in [0.25, 0.3) is 0 Å². The lowest BCUT2D eigenvalue weighted by molar-refractivity contribution is 0.437. The first-order valence-electron chi connectivity index (χ1n) is 3.46. The molecule has 0 aliphatic rings. The van der Waals surface area contributed by atoms with E-state index in [0.717, 1.165) is 10.0 Å². The lowest BCUT2D eigenvalue weighted by Gasteiger charge is -1.92. The maximum atomic E-state index is 5.28. The molecule has 0 aliphatic heterocycles. The SMILES string of the molecule is Nc1nc(-c2cncc(Br)c2)no1. The van der Waals surface area contributed by atoms with Crippen LogP contribution in [-0.4, -0.2) is 15.1 Å². The van der Waals surface area contributed by atoms with Crippen LogP contribution in [-0.2, 0) is 0 Å². The highest BCUT2D eigenvalue weighted by molar-refractivity contribution is 9.10. The fourth-order valence-corrected chi connectivity index (χ4v) is 1.25. The Balaban J connectivity index is 2.46. The Morgan fingerprint density at radius 3 is 2.85 bits per heavy atom. The maximum Gasteiger partial charge on any atom is 0.319 e. The Kier molecular flexibility index (Phi) is 1.97. The van der Waals surface area contributed by atoms with Gasteiger partial charge in [-0.25, -0.2) is 0 Å². The van der Waals surface area contributed by atoms with Crippen molar-refractivity contribution < 1.29 is 4.52 Å². The van der Waals surface area contributed by atoms with Crippen LogP contribution in [0.1, 0.15) is 0 Å². The summed E-state index contributed by atoms with van der Waals surface area (Å²) in [6.45, 7) is 0. The van der Waals surface area contributed by atoms with Crippen LogP contribution in [0.5, 0.6) is 0 Å². The number of aromatic nitrogens is 3. The average molecular weight is 241 g/mol. The van der Waals surface area contributed by atoms with Gasteiger partial charge in [0.05, 0.1) is 0 Å². The summed E-state index contributed by atoms with van der Waals surface area (Å²) < 4.78 is 5.49. The van der Waals surface area contributed by atoms with Crippen molar-refractivity contribution in [1.29, 1.82) is 0 Å². The number of nitrogens with zero attached hydrogens (tertiary/aromatic N) is 3. The van der Waals surface area contributed by atoms with Crippen molar-refractivity contribution in [3.05, 3.63) is 22.9 Å². The number of hydrogen-bond acceptors (Lipinski definition) is 5. The molecule has 2 aromatic rings. The van der Waals surface area contributed by atoms with Crippen molar-refractivity contribution in [3.8, 4) is 11.4 Å². The van der Waals surface area contributed by atoms with Crippen LogP contribution in [0.15, 0.2) is 27.5 Å². The molecule has 0 amide bonds. The molecular formula is C7H5BrN4O. The standard InChI is InChI=1S/C7H5BrN4O/c8-5-1-4(2-10-3-5)6-11-7(9)13-12-6/h1-3H,(H2,9,11,12). The van der Waals surface area contributed by atoms with Gasteiger partial charge in [0.1, 0.15) is 0 Å². The highest BCUT2D eigenvalue weighted by Gasteiger charge is 2.05. The van der Waals surface area contributed by atoms with Crippen LogP contribution in [0.3, 0.4) is 0 Å². The molecule has 2 aromatic heterocycles. The highest BCUT2D eigenvalue weighted by Crippen LogP contribution is 2.18. The van der Waals surface area contributed by atoms with Gasteiger partial charge in [-0.2, -0.15) is 4.98 Å². The van der Waals surface area contributed by atoms with Crippen molar-refractivity contribution in [2.75, 3.05) is 5.73 Å². The van der Waals surface area contributed by atoms with Gasteiger partial charge in [-0.15, -0.1) is 0 Å². The predicted octanol–water partition coefficient (Wildman–Crippen LogP) is 1.48. The fraction of sp³-hybridized carbons (Fsp3) is 0. The Labute approximate surface area is 82.1 Å². The third kappa shape index (κ3) is 1.67. The Hall–Kier alpha value is -1.43. The number of nitrogens with two attached hydrogens (primary N) is 1. The van der Waals surface area contributed by atoms with E-state index < -0.39 is 0 Å². The monoisotopic (exact) mass is 240 g/mol. The third-order valence-electron chi connectivity index (χ3n) is 1.40. The van der Waals surface area contributed by atoms with Gasteiger partial charge in [0, 0.05) is 22.4 Å². The topological polar surface area (TPSA) is 77.8 Å². The van der Waals surface area contributed by atoms with Crippen LogP contribution in [0.4, 0.5) is 6.01 Å². The summed E-state index contributed by atoms with van der Waals surface area (Å²) in [7, 11) is 0. The summed E-state index contributed by atoms with van der Waals surface area (Å²) in [5.74, 6) is 0.436. The van der Waals surface area contributed by atoms with E-state index in [2.05, 4.69) is 35.6 Å². The van der Waals surface area contributed by atoms with Gasteiger partial charge >= 0.3 is 6.01 Å². The molecule has 5 nitrogen and oxygen atoms in total. The minimum Gasteiger partial charge on any atom is -0.351 e. The van der Waals surface area contributed by atoms with Crippen LogP contribution in [0, 0.1) is 0 Å². The summed E-state index contributed by atoms with van der Waals surface area (Å²) in [6.07, 6.45) is 3.31. The molecule has 2 N–H and O–H groups in total. The molecule has 0 fully saturated rings. The summed E-state index contributed by atoms with van der Waals surface area (Å²) in [6, 6.07) is 1.88. The third-order valence-corrected chi connectivity index (χ3v) is 1.84. The van der Waals surface area contributed by atoms with E-state index in [9.17, 15) is 0 Å². The number of rotatable bonds is 1. The van der Waals surface area contributed by atoms with E-state index in [4.69, 9.17) is 5.73 Å². The quantitative estimate of drug-likeness (QED) is 0.817. The van der Waals surface area contributed by atoms with E-state index in [1.54, 1.807) is 12.4 Å². The lowest BCUT2D eigenvalue weighted by Crippen LogP contribution is -1.85. The van der Waals surface area contributed by atoms with Crippen LogP contribution in [0.2, 0.25) is 0 Å². The molecular weight excluding hydrogens is 236 g/mol. The first kappa shape index (κ1) is 8.18. The van der Waals surface area contributed by atoms with Crippen molar-refractivity contribution in [3.63, 3.8) is 0 Å². The van der Waals surface area contributed by atoms with Gasteiger partial charge in [0.15, 0.2) is 0 Å². The van der Waals surface area contributed by atoms with E-state index in [1.165, 1.54) is 0 Å². The van der Waals surface area contributed by atoms with E-state index >= 15 is 0 Å². The molecule has 2 heterocycles. The molecule has 6 heteroatoms. The normalized spacial score (nSPS) is 10.2. The molecule has 0 unspecified atom stereocenters. The van der Waals surface area contributed by atoms with Crippen molar-refractivity contribution >= 4 is 21.9 Å². The molecule has 0 atom stereocenters. The molecule has 0 aliphatic carbocycles. The fourth-order valence-electron chi connectivity index (χ4n) is 0.887. The van der Waals surface area contributed by atoms with Crippen LogP contribution < -0.4 is 5.73 Å². The van der Waals surface area contributed by atoms with Gasteiger partial charge in [-0.05, 0) is 22.0 Å². The minimum atomic E-state index is 0.0509. The zero-order chi connectivity index (χ0) is 9.26. The molecule has 0 aromatic carbocycles. The highest BCUT2D eigenvalue weighted by atomic mass is 79.9. The van der Waals surface area contributed by atoms with E-state index in [1.807, 2.05) is 6.07 Å². The lowest BCUT2D eigenvalue weighted by atomic mass is 10.3. The number of anilines is 1.